The van der Waals surface area contributed by atoms with Crippen molar-refractivity contribution in [3.63, 3.8) is 0 Å². The summed E-state index contributed by atoms with van der Waals surface area (Å²) >= 11 is 0. The third-order valence-electron chi connectivity index (χ3n) is 5.41. The normalized spacial score (nSPS) is 12.5. The topological polar surface area (TPSA) is 66.5 Å². The van der Waals surface area contributed by atoms with Gasteiger partial charge in [-0.25, -0.2) is 8.42 Å². The van der Waals surface area contributed by atoms with Crippen molar-refractivity contribution >= 4 is 32.4 Å². The molecule has 0 aliphatic rings. The number of hydrogen-bond donors (Lipinski definition) is 1. The number of sulfonamides is 1. The average Bonchev–Trinajstić information content (AvgIpc) is 2.71. The molecule has 158 valence electrons. The molecule has 0 saturated heterocycles. The van der Waals surface area contributed by atoms with Crippen molar-refractivity contribution in [3.8, 4) is 0 Å². The Hall–Kier alpha value is -2.86. The number of anilines is 1. The second-order valence-corrected chi connectivity index (χ2v) is 9.47. The summed E-state index contributed by atoms with van der Waals surface area (Å²) in [6.45, 7) is 6.06. The van der Waals surface area contributed by atoms with Gasteiger partial charge in [0.15, 0.2) is 0 Å². The van der Waals surface area contributed by atoms with E-state index in [4.69, 9.17) is 0 Å². The molecule has 0 aromatic heterocycles. The van der Waals surface area contributed by atoms with Crippen LogP contribution in [0.1, 0.15) is 30.0 Å². The number of nitrogens with zero attached hydrogens (tertiary/aromatic N) is 1. The fraction of sp³-hybridized carbons (Fsp3) is 0.292. The predicted molar refractivity (Wildman–Crippen MR) is 123 cm³/mol. The second-order valence-electron chi connectivity index (χ2n) is 7.61. The first kappa shape index (κ1) is 21.8. The fourth-order valence-corrected chi connectivity index (χ4v) is 4.87. The first-order chi connectivity index (χ1) is 14.2. The van der Waals surface area contributed by atoms with Crippen molar-refractivity contribution in [3.05, 3.63) is 77.4 Å². The van der Waals surface area contributed by atoms with Gasteiger partial charge in [0.1, 0.15) is 6.04 Å². The summed E-state index contributed by atoms with van der Waals surface area (Å²) in [5.41, 5.74) is 3.55. The fourth-order valence-electron chi connectivity index (χ4n) is 3.67. The predicted octanol–water partition coefficient (Wildman–Crippen LogP) is 4.32. The van der Waals surface area contributed by atoms with E-state index in [1.165, 1.54) is 4.31 Å². The summed E-state index contributed by atoms with van der Waals surface area (Å²) in [6, 6.07) is 18.6. The number of aryl methyl sites for hydroxylation is 2. The van der Waals surface area contributed by atoms with E-state index < -0.39 is 16.1 Å². The summed E-state index contributed by atoms with van der Waals surface area (Å²) in [5.74, 6) is -0.311. The first-order valence-electron chi connectivity index (χ1n) is 10.0. The van der Waals surface area contributed by atoms with Gasteiger partial charge in [0.05, 0.1) is 11.9 Å². The van der Waals surface area contributed by atoms with Crippen molar-refractivity contribution in [2.24, 2.45) is 0 Å². The van der Waals surface area contributed by atoms with E-state index in [0.29, 0.717) is 18.7 Å². The zero-order valence-electron chi connectivity index (χ0n) is 17.8. The van der Waals surface area contributed by atoms with Gasteiger partial charge in [0.25, 0.3) is 0 Å². The van der Waals surface area contributed by atoms with Crippen LogP contribution < -0.4 is 9.62 Å². The zero-order valence-corrected chi connectivity index (χ0v) is 18.7. The minimum Gasteiger partial charge on any atom is -0.350 e. The molecule has 0 radical (unpaired) electrons. The molecule has 1 atom stereocenters. The van der Waals surface area contributed by atoms with Crippen LogP contribution in [0.5, 0.6) is 0 Å². The number of carbonyl (C=O) groups is 1. The molecule has 0 bridgehead atoms. The van der Waals surface area contributed by atoms with Gasteiger partial charge in [-0.2, -0.15) is 0 Å². The average molecular weight is 425 g/mol. The number of hydrogen-bond acceptors (Lipinski definition) is 3. The Morgan fingerprint density at radius 3 is 2.37 bits per heavy atom. The molecule has 5 nitrogen and oxygen atoms in total. The highest BCUT2D eigenvalue weighted by atomic mass is 32.2. The summed E-state index contributed by atoms with van der Waals surface area (Å²) in [7, 11) is -3.65. The molecular weight excluding hydrogens is 396 g/mol. The lowest BCUT2D eigenvalue weighted by Gasteiger charge is -2.30. The molecule has 0 aliphatic carbocycles. The van der Waals surface area contributed by atoms with Crippen molar-refractivity contribution in [1.29, 1.82) is 0 Å². The molecule has 0 heterocycles. The summed E-state index contributed by atoms with van der Waals surface area (Å²) in [5, 5.41) is 5.12. The van der Waals surface area contributed by atoms with Gasteiger partial charge in [-0.3, -0.25) is 9.10 Å². The van der Waals surface area contributed by atoms with Crippen molar-refractivity contribution in [2.45, 2.75) is 39.8 Å². The van der Waals surface area contributed by atoms with Gasteiger partial charge in [0.2, 0.25) is 15.9 Å². The Labute approximate surface area is 178 Å². The van der Waals surface area contributed by atoms with E-state index in [2.05, 4.69) is 5.32 Å². The Bertz CT molecular complexity index is 1170. The number of benzene rings is 3. The molecule has 0 fully saturated rings. The molecule has 1 N–H and O–H groups in total. The molecule has 0 saturated carbocycles. The lowest BCUT2D eigenvalue weighted by molar-refractivity contribution is -0.122. The Kier molecular flexibility index (Phi) is 6.46. The summed E-state index contributed by atoms with van der Waals surface area (Å²) in [4.78, 5) is 13.1. The monoisotopic (exact) mass is 424 g/mol. The number of rotatable bonds is 7. The maximum Gasteiger partial charge on any atom is 0.244 e. The largest absolute Gasteiger partial charge is 0.350 e. The third kappa shape index (κ3) is 4.65. The van der Waals surface area contributed by atoms with Gasteiger partial charge < -0.3 is 5.32 Å². The summed E-state index contributed by atoms with van der Waals surface area (Å²) < 4.78 is 26.5. The lowest BCUT2D eigenvalue weighted by atomic mass is 10.0. The summed E-state index contributed by atoms with van der Waals surface area (Å²) in [6.07, 6.45) is 1.50. The quantitative estimate of drug-likeness (QED) is 0.614. The van der Waals surface area contributed by atoms with Crippen LogP contribution in [0.15, 0.2) is 60.7 Å². The van der Waals surface area contributed by atoms with E-state index in [9.17, 15) is 13.2 Å². The molecule has 3 aromatic carbocycles. The van der Waals surface area contributed by atoms with Gasteiger partial charge >= 0.3 is 0 Å². The van der Waals surface area contributed by atoms with Crippen LogP contribution in [-0.4, -0.2) is 26.6 Å². The lowest BCUT2D eigenvalue weighted by Crippen LogP contribution is -2.49. The zero-order chi connectivity index (χ0) is 21.9. The number of nitrogens with one attached hydrogen (secondary N) is 1. The Balaban J connectivity index is 1.88. The highest BCUT2D eigenvalue weighted by Crippen LogP contribution is 2.25. The minimum absolute atomic E-state index is 0.311. The Morgan fingerprint density at radius 1 is 1.00 bits per heavy atom. The molecule has 6 heteroatoms. The molecule has 0 aliphatic heterocycles. The molecule has 3 rings (SSSR count). The van der Waals surface area contributed by atoms with E-state index in [1.54, 1.807) is 6.07 Å². The van der Waals surface area contributed by atoms with Gasteiger partial charge in [0, 0.05) is 6.54 Å². The highest BCUT2D eigenvalue weighted by molar-refractivity contribution is 7.92. The Morgan fingerprint density at radius 2 is 1.70 bits per heavy atom. The van der Waals surface area contributed by atoms with Crippen molar-refractivity contribution < 1.29 is 13.2 Å². The van der Waals surface area contributed by atoms with Crippen molar-refractivity contribution in [1.82, 2.24) is 5.32 Å². The van der Waals surface area contributed by atoms with E-state index in [1.807, 2.05) is 75.4 Å². The smallest absolute Gasteiger partial charge is 0.244 e. The van der Waals surface area contributed by atoms with E-state index >= 15 is 0 Å². The van der Waals surface area contributed by atoms with Gasteiger partial charge in [-0.15, -0.1) is 0 Å². The highest BCUT2D eigenvalue weighted by Gasteiger charge is 2.31. The van der Waals surface area contributed by atoms with Crippen LogP contribution >= 0.6 is 0 Å². The first-order valence-corrected chi connectivity index (χ1v) is 11.9. The van der Waals surface area contributed by atoms with Crippen LogP contribution in [0.25, 0.3) is 10.8 Å². The SMILES string of the molecule is CC[C@H](C(=O)NCc1cccc2ccccc12)N(c1ccc(C)c(C)c1)S(C)(=O)=O. The third-order valence-corrected chi connectivity index (χ3v) is 6.59. The van der Waals surface area contributed by atoms with E-state index in [0.717, 1.165) is 33.7 Å². The number of amides is 1. The van der Waals surface area contributed by atoms with Gasteiger partial charge in [-0.05, 0) is 59.9 Å². The number of fused-ring (bicyclic) bond motifs is 1. The van der Waals surface area contributed by atoms with Crippen LogP contribution in [-0.2, 0) is 21.4 Å². The van der Waals surface area contributed by atoms with Crippen LogP contribution in [0.3, 0.4) is 0 Å². The molecule has 0 spiro atoms. The number of carbonyl (C=O) groups excluding carboxylic acids is 1. The molecular formula is C24H28N2O3S. The van der Waals surface area contributed by atoms with E-state index in [-0.39, 0.29) is 5.91 Å². The standard InChI is InChI=1S/C24H28N2O3S/c1-5-23(26(30(4,28)29)21-14-13-17(2)18(3)15-21)24(27)25-16-20-11-8-10-19-9-6-7-12-22(19)20/h6-15,23H,5,16H2,1-4H3,(H,25,27)/t23-/m1/s1. The molecule has 1 amide bonds. The minimum atomic E-state index is -3.65. The van der Waals surface area contributed by atoms with Crippen molar-refractivity contribution in [2.75, 3.05) is 10.6 Å². The van der Waals surface area contributed by atoms with Crippen LogP contribution in [0, 0.1) is 13.8 Å². The maximum absolute atomic E-state index is 13.1. The molecule has 30 heavy (non-hydrogen) atoms. The maximum atomic E-state index is 13.1. The van der Waals surface area contributed by atoms with Crippen LogP contribution in [0.4, 0.5) is 5.69 Å². The second kappa shape index (κ2) is 8.88. The van der Waals surface area contributed by atoms with Gasteiger partial charge in [-0.1, -0.05) is 55.5 Å². The molecule has 3 aromatic rings. The van der Waals surface area contributed by atoms with Crippen LogP contribution in [0.2, 0.25) is 0 Å². The molecule has 0 unspecified atom stereocenters.